The highest BCUT2D eigenvalue weighted by atomic mass is 31.2. The van der Waals surface area contributed by atoms with E-state index in [1.165, 1.54) is 0 Å². The largest absolute Gasteiger partial charge is 0.810 e. The van der Waals surface area contributed by atoms with Crippen molar-refractivity contribution in [1.29, 1.82) is 0 Å². The summed E-state index contributed by atoms with van der Waals surface area (Å²) in [6.45, 7) is 0. The van der Waals surface area contributed by atoms with Gasteiger partial charge >= 0.3 is 0 Å². The van der Waals surface area contributed by atoms with Crippen LogP contribution in [-0.4, -0.2) is 33.2 Å². The molecule has 0 aromatic rings. The number of amides is 1. The average molecular weight is 231 g/mol. The van der Waals surface area contributed by atoms with Gasteiger partial charge in [-0.3, -0.25) is 10.0 Å². The molecule has 1 aliphatic rings. The van der Waals surface area contributed by atoms with Crippen LogP contribution in [0.3, 0.4) is 0 Å². The number of quaternary nitrogens is 2. The Morgan fingerprint density at radius 1 is 1.43 bits per heavy atom. The molecule has 0 aromatic heterocycles. The molecule has 0 aliphatic carbocycles. The molecule has 10 heteroatoms. The number of hydroxylamine groups is 2. The maximum atomic E-state index is 10.7. The molecule has 2 unspecified atom stereocenters. The molecule has 2 atom stereocenters. The number of aliphatic hydroxyl groups excluding tert-OH is 1. The quantitative estimate of drug-likeness (QED) is 0.296. The lowest BCUT2D eigenvalue weighted by Crippen LogP contribution is -2.34. The van der Waals surface area contributed by atoms with Crippen molar-refractivity contribution in [2.75, 3.05) is 0 Å². The van der Waals surface area contributed by atoms with E-state index in [4.69, 9.17) is 10.3 Å². The van der Waals surface area contributed by atoms with E-state index in [0.717, 1.165) is 0 Å². The van der Waals surface area contributed by atoms with Gasteiger partial charge in [-0.25, -0.2) is 0 Å². The first-order chi connectivity index (χ1) is 5.34. The zero-order valence-corrected chi connectivity index (χ0v) is 8.68. The Balaban J connectivity index is 0. The number of hydrogen-bond donors (Lipinski definition) is 4. The summed E-state index contributed by atoms with van der Waals surface area (Å²) in [4.78, 5) is 31.4. The van der Waals surface area contributed by atoms with E-state index < -0.39 is 31.8 Å². The second kappa shape index (κ2) is 4.80. The molecule has 1 aliphatic heterocycles. The fourth-order valence-corrected chi connectivity index (χ4v) is 1.80. The predicted octanol–water partition coefficient (Wildman–Crippen LogP) is -2.04. The molecule has 0 radical (unpaired) electrons. The van der Waals surface area contributed by atoms with Gasteiger partial charge in [-0.05, 0) is 0 Å². The van der Waals surface area contributed by atoms with Gasteiger partial charge in [-0.15, -0.1) is 0 Å². The summed E-state index contributed by atoms with van der Waals surface area (Å²) in [5.74, 6) is -1.27. The first kappa shape index (κ1) is 15.9. The molecule has 10 N–H and O–H groups in total. The molecule has 1 fully saturated rings. The van der Waals surface area contributed by atoms with Crippen LogP contribution in [0.2, 0.25) is 0 Å². The minimum Gasteiger partial charge on any atom is -0.810 e. The molecule has 0 spiro atoms. The normalized spacial score (nSPS) is 26.9. The Bertz CT molecular complexity index is 253. The van der Waals surface area contributed by atoms with Crippen molar-refractivity contribution in [1.82, 2.24) is 17.4 Å². The van der Waals surface area contributed by atoms with Crippen molar-refractivity contribution in [2.24, 2.45) is 0 Å². The lowest BCUT2D eigenvalue weighted by molar-refractivity contribution is -0.315. The molecule has 0 aromatic carbocycles. The maximum Gasteiger partial charge on any atom is 0.256 e. The van der Waals surface area contributed by atoms with Crippen molar-refractivity contribution < 1.29 is 29.5 Å². The number of nitrogens with zero attached hydrogens (tertiary/aromatic N) is 1. The number of carbonyl (C=O) groups is 1. The van der Waals surface area contributed by atoms with Gasteiger partial charge in [-0.1, -0.05) is 7.60 Å². The third-order valence-corrected chi connectivity index (χ3v) is 2.80. The molecule has 1 rings (SSSR count). The third-order valence-electron chi connectivity index (χ3n) is 1.61. The Morgan fingerprint density at radius 3 is 2.00 bits per heavy atom. The van der Waals surface area contributed by atoms with E-state index in [2.05, 4.69) is 0 Å². The van der Waals surface area contributed by atoms with E-state index in [1.54, 1.807) is 0 Å². The molecule has 86 valence electrons. The average Bonchev–Trinajstić information content (AvgIpc) is 2.15. The minimum atomic E-state index is -5.06. The maximum absolute atomic E-state index is 10.7. The van der Waals surface area contributed by atoms with Crippen molar-refractivity contribution in [3.63, 3.8) is 0 Å². The number of carbonyl (C=O) groups excluding carboxylic acids is 1. The molecule has 1 amide bonds. The number of aliphatic hydroxyl groups is 1. The van der Waals surface area contributed by atoms with E-state index in [-0.39, 0.29) is 17.4 Å². The van der Waals surface area contributed by atoms with Crippen LogP contribution in [-0.2, 0) is 9.36 Å². The monoisotopic (exact) mass is 231 g/mol. The zero-order valence-electron chi connectivity index (χ0n) is 7.78. The minimum absolute atomic E-state index is 0. The first-order valence-electron chi connectivity index (χ1n) is 3.06. The second-order valence-electron chi connectivity index (χ2n) is 2.45. The van der Waals surface area contributed by atoms with Crippen LogP contribution in [0.25, 0.3) is 0 Å². The molecule has 1 heterocycles. The predicted molar refractivity (Wildman–Crippen MR) is 42.6 cm³/mol. The van der Waals surface area contributed by atoms with Gasteiger partial charge < -0.3 is 31.8 Å². The van der Waals surface area contributed by atoms with E-state index >= 15 is 0 Å². The van der Waals surface area contributed by atoms with Gasteiger partial charge in [-0.2, -0.15) is 5.06 Å². The van der Waals surface area contributed by atoms with E-state index in [1.807, 2.05) is 0 Å². The highest BCUT2D eigenvalue weighted by molar-refractivity contribution is 7.50. The Hall–Kier alpha value is -0.540. The van der Waals surface area contributed by atoms with Crippen LogP contribution in [0.5, 0.6) is 0 Å². The van der Waals surface area contributed by atoms with Crippen LogP contribution < -0.4 is 22.1 Å². The van der Waals surface area contributed by atoms with Crippen LogP contribution in [0.4, 0.5) is 0 Å². The lowest BCUT2D eigenvalue weighted by atomic mass is 10.3. The fourth-order valence-electron chi connectivity index (χ4n) is 0.964. The van der Waals surface area contributed by atoms with Gasteiger partial charge in [0.05, 0.1) is 5.66 Å². The van der Waals surface area contributed by atoms with Crippen molar-refractivity contribution in [3.8, 4) is 0 Å². The van der Waals surface area contributed by atoms with Crippen molar-refractivity contribution in [2.45, 2.75) is 18.3 Å². The Kier molecular flexibility index (Phi) is 5.46. The SMILES string of the molecule is O=C1C(P(=O)([O-])[O-])CC(O)N1O.[NH4+].[NH4+]. The van der Waals surface area contributed by atoms with Crippen molar-refractivity contribution >= 4 is 13.5 Å². The summed E-state index contributed by atoms with van der Waals surface area (Å²) < 4.78 is 10.3. The molecule has 9 nitrogen and oxygen atoms in total. The molecule has 0 saturated carbocycles. The summed E-state index contributed by atoms with van der Waals surface area (Å²) in [5, 5.41) is 17.2. The fraction of sp³-hybridized carbons (Fsp3) is 0.750. The van der Waals surface area contributed by atoms with Crippen LogP contribution >= 0.6 is 7.60 Å². The topological polar surface area (TPSA) is 197 Å². The van der Waals surface area contributed by atoms with Crippen LogP contribution in [0, 0.1) is 0 Å². The molecule has 1 saturated heterocycles. The second-order valence-corrected chi connectivity index (χ2v) is 4.16. The summed E-state index contributed by atoms with van der Waals surface area (Å²) >= 11 is 0. The molecular weight excluding hydrogens is 217 g/mol. The van der Waals surface area contributed by atoms with Gasteiger partial charge in [0.2, 0.25) is 0 Å². The zero-order chi connectivity index (χ0) is 9.52. The standard InChI is InChI=1S/C4H8NO6P.2H3N/c6-3-1-2(12(9,10)11)4(7)5(3)8;;/h2-3,6,8H,1H2,(H2,9,10,11);2*1H3. The smallest absolute Gasteiger partial charge is 0.256 e. The lowest BCUT2D eigenvalue weighted by Gasteiger charge is -2.33. The van der Waals surface area contributed by atoms with Gasteiger partial charge in [0.25, 0.3) is 5.91 Å². The molecule has 14 heavy (non-hydrogen) atoms. The molecule has 0 bridgehead atoms. The molecular formula is C4H14N3O6P. The summed E-state index contributed by atoms with van der Waals surface area (Å²) in [5.41, 5.74) is -1.84. The third kappa shape index (κ3) is 2.72. The Morgan fingerprint density at radius 2 is 1.86 bits per heavy atom. The Labute approximate surface area is 79.6 Å². The van der Waals surface area contributed by atoms with Crippen LogP contribution in [0.15, 0.2) is 0 Å². The highest BCUT2D eigenvalue weighted by Gasteiger charge is 2.39. The van der Waals surface area contributed by atoms with Crippen molar-refractivity contribution in [3.05, 3.63) is 0 Å². The van der Waals surface area contributed by atoms with Gasteiger partial charge in [0.15, 0.2) is 6.23 Å². The summed E-state index contributed by atoms with van der Waals surface area (Å²) in [7, 11) is -5.06. The number of hydrogen-bond acceptors (Lipinski definition) is 6. The first-order valence-corrected chi connectivity index (χ1v) is 4.67. The summed E-state index contributed by atoms with van der Waals surface area (Å²) in [6, 6.07) is 0. The highest BCUT2D eigenvalue weighted by Crippen LogP contribution is 2.39. The van der Waals surface area contributed by atoms with E-state index in [0.29, 0.717) is 0 Å². The van der Waals surface area contributed by atoms with Crippen LogP contribution in [0.1, 0.15) is 6.42 Å². The number of rotatable bonds is 1. The van der Waals surface area contributed by atoms with Gasteiger partial charge in [0, 0.05) is 6.42 Å². The summed E-state index contributed by atoms with van der Waals surface area (Å²) in [6.07, 6.45) is -2.17. The van der Waals surface area contributed by atoms with E-state index in [9.17, 15) is 19.1 Å². The van der Waals surface area contributed by atoms with Gasteiger partial charge in [0.1, 0.15) is 0 Å².